The normalized spacial score (nSPS) is 12.0. The molecule has 0 atom stereocenters. The smallest absolute Gasteiger partial charge is 0.126 e. The van der Waals surface area contributed by atoms with Crippen LogP contribution in [-0.2, 0) is 0 Å². The summed E-state index contributed by atoms with van der Waals surface area (Å²) in [6.45, 7) is -0.569. The van der Waals surface area contributed by atoms with Gasteiger partial charge in [-0.2, -0.15) is 0 Å². The van der Waals surface area contributed by atoms with Gasteiger partial charge in [0, 0.05) is 11.6 Å². The highest BCUT2D eigenvalue weighted by atomic mass is 19.1. The molecule has 2 nitrogen and oxygen atoms in total. The summed E-state index contributed by atoms with van der Waals surface area (Å²) in [5.41, 5.74) is 1.52. The van der Waals surface area contributed by atoms with E-state index in [2.05, 4.69) is 4.98 Å². The molecule has 0 saturated carbocycles. The summed E-state index contributed by atoms with van der Waals surface area (Å²) in [5, 5.41) is 9.56. The van der Waals surface area contributed by atoms with Crippen molar-refractivity contribution >= 4 is 17.0 Å². The van der Waals surface area contributed by atoms with E-state index in [1.54, 1.807) is 18.3 Å². The van der Waals surface area contributed by atoms with Crippen molar-refractivity contribution in [1.29, 1.82) is 0 Å². The molecular formula is C12H10FNO. The molecule has 1 aromatic carbocycles. The van der Waals surface area contributed by atoms with Crippen LogP contribution in [0.2, 0.25) is 0 Å². The maximum absolute atomic E-state index is 12.8. The van der Waals surface area contributed by atoms with Gasteiger partial charge >= 0.3 is 0 Å². The van der Waals surface area contributed by atoms with Gasteiger partial charge in [-0.3, -0.25) is 4.98 Å². The minimum atomic E-state index is -0.569. The first-order valence-electron chi connectivity index (χ1n) is 4.61. The van der Waals surface area contributed by atoms with Gasteiger partial charge in [0.05, 0.1) is 12.1 Å². The summed E-state index contributed by atoms with van der Waals surface area (Å²) in [7, 11) is 0. The van der Waals surface area contributed by atoms with Crippen LogP contribution in [0, 0.1) is 0 Å². The van der Waals surface area contributed by atoms with E-state index < -0.39 is 12.4 Å². The summed E-state index contributed by atoms with van der Waals surface area (Å²) in [4.78, 5) is 4.16. The van der Waals surface area contributed by atoms with Gasteiger partial charge in [0.15, 0.2) is 0 Å². The first kappa shape index (κ1) is 9.80. The van der Waals surface area contributed by atoms with Crippen molar-refractivity contribution in [3.8, 4) is 0 Å². The molecular weight excluding hydrogens is 193 g/mol. The zero-order valence-electron chi connectivity index (χ0n) is 8.02. The molecule has 2 rings (SSSR count). The third-order valence-electron chi connectivity index (χ3n) is 2.10. The zero-order chi connectivity index (χ0) is 10.7. The fourth-order valence-corrected chi connectivity index (χ4v) is 1.40. The highest BCUT2D eigenvalue weighted by molar-refractivity contribution is 5.80. The van der Waals surface area contributed by atoms with Gasteiger partial charge in [0.1, 0.15) is 5.83 Å². The highest BCUT2D eigenvalue weighted by Crippen LogP contribution is 2.15. The Morgan fingerprint density at radius 2 is 2.27 bits per heavy atom. The average molecular weight is 203 g/mol. The number of fused-ring (bicyclic) bond motifs is 1. The lowest BCUT2D eigenvalue weighted by Gasteiger charge is -1.98. The van der Waals surface area contributed by atoms with Gasteiger partial charge in [0.25, 0.3) is 0 Å². The molecule has 0 aliphatic carbocycles. The Kier molecular flexibility index (Phi) is 2.74. The molecule has 0 radical (unpaired) electrons. The SMILES string of the molecule is OC/C(F)=C\c1ccc2cccnc2c1. The topological polar surface area (TPSA) is 33.1 Å². The molecule has 3 heteroatoms. The molecule has 0 aliphatic heterocycles. The first-order chi connectivity index (χ1) is 7.29. The van der Waals surface area contributed by atoms with E-state index in [4.69, 9.17) is 5.11 Å². The Morgan fingerprint density at radius 1 is 1.40 bits per heavy atom. The quantitative estimate of drug-likeness (QED) is 0.813. The van der Waals surface area contributed by atoms with Crippen molar-refractivity contribution in [2.24, 2.45) is 0 Å². The standard InChI is InChI=1S/C12H10FNO/c13-11(8-15)6-9-3-4-10-2-1-5-14-12(10)7-9/h1-7,15H,8H2/b11-6+. The van der Waals surface area contributed by atoms with E-state index in [0.29, 0.717) is 5.56 Å². The third kappa shape index (κ3) is 2.19. The minimum absolute atomic E-state index is 0.551. The summed E-state index contributed by atoms with van der Waals surface area (Å²) in [6.07, 6.45) is 2.99. The number of aromatic nitrogens is 1. The van der Waals surface area contributed by atoms with Crippen LogP contribution in [0.15, 0.2) is 42.4 Å². The fourth-order valence-electron chi connectivity index (χ4n) is 1.40. The number of nitrogens with zero attached hydrogens (tertiary/aromatic N) is 1. The molecule has 0 amide bonds. The number of benzene rings is 1. The third-order valence-corrected chi connectivity index (χ3v) is 2.10. The fraction of sp³-hybridized carbons (Fsp3) is 0.0833. The van der Waals surface area contributed by atoms with Gasteiger partial charge in [-0.15, -0.1) is 0 Å². The molecule has 0 saturated heterocycles. The Labute approximate surface area is 86.7 Å². The van der Waals surface area contributed by atoms with Gasteiger partial charge in [-0.25, -0.2) is 4.39 Å². The number of halogens is 1. The molecule has 0 unspecified atom stereocenters. The van der Waals surface area contributed by atoms with Crippen molar-refractivity contribution in [3.05, 3.63) is 47.9 Å². The van der Waals surface area contributed by atoms with Crippen LogP contribution in [0.4, 0.5) is 4.39 Å². The van der Waals surface area contributed by atoms with Gasteiger partial charge in [0.2, 0.25) is 0 Å². The molecule has 0 spiro atoms. The van der Waals surface area contributed by atoms with E-state index in [0.717, 1.165) is 10.9 Å². The predicted molar refractivity (Wildman–Crippen MR) is 57.9 cm³/mol. The van der Waals surface area contributed by atoms with Crippen molar-refractivity contribution in [1.82, 2.24) is 4.98 Å². The van der Waals surface area contributed by atoms with Crippen molar-refractivity contribution in [3.63, 3.8) is 0 Å². The van der Waals surface area contributed by atoms with E-state index >= 15 is 0 Å². The van der Waals surface area contributed by atoms with E-state index in [1.807, 2.05) is 18.2 Å². The molecule has 2 aromatic rings. The van der Waals surface area contributed by atoms with Crippen molar-refractivity contribution in [2.75, 3.05) is 6.61 Å². The number of hydrogen-bond donors (Lipinski definition) is 1. The second-order valence-corrected chi connectivity index (χ2v) is 3.20. The highest BCUT2D eigenvalue weighted by Gasteiger charge is 1.96. The van der Waals surface area contributed by atoms with Crippen LogP contribution in [0.1, 0.15) is 5.56 Å². The number of pyridine rings is 1. The second kappa shape index (κ2) is 4.19. The molecule has 0 bridgehead atoms. The minimum Gasteiger partial charge on any atom is -0.389 e. The van der Waals surface area contributed by atoms with Crippen LogP contribution in [0.3, 0.4) is 0 Å². The maximum Gasteiger partial charge on any atom is 0.126 e. The predicted octanol–water partition coefficient (Wildman–Crippen LogP) is 2.54. The zero-order valence-corrected chi connectivity index (χ0v) is 8.02. The number of aliphatic hydroxyl groups is 1. The molecule has 0 aliphatic rings. The largest absolute Gasteiger partial charge is 0.389 e. The Bertz CT molecular complexity index is 508. The van der Waals surface area contributed by atoms with Crippen LogP contribution >= 0.6 is 0 Å². The monoisotopic (exact) mass is 203 g/mol. The summed E-state index contributed by atoms with van der Waals surface area (Å²) in [5.74, 6) is -0.551. The number of rotatable bonds is 2. The van der Waals surface area contributed by atoms with Crippen LogP contribution in [-0.4, -0.2) is 16.7 Å². The van der Waals surface area contributed by atoms with E-state index in [-0.39, 0.29) is 0 Å². The van der Waals surface area contributed by atoms with Crippen LogP contribution < -0.4 is 0 Å². The number of hydrogen-bond acceptors (Lipinski definition) is 2. The van der Waals surface area contributed by atoms with Gasteiger partial charge in [-0.05, 0) is 23.8 Å². The molecule has 15 heavy (non-hydrogen) atoms. The van der Waals surface area contributed by atoms with Crippen molar-refractivity contribution < 1.29 is 9.50 Å². The lowest BCUT2D eigenvalue weighted by Crippen LogP contribution is -1.83. The lowest BCUT2D eigenvalue weighted by molar-refractivity contribution is 0.300. The lowest BCUT2D eigenvalue weighted by atomic mass is 10.1. The summed E-state index contributed by atoms with van der Waals surface area (Å²) >= 11 is 0. The molecule has 1 aromatic heterocycles. The van der Waals surface area contributed by atoms with Gasteiger partial charge in [-0.1, -0.05) is 18.2 Å². The van der Waals surface area contributed by atoms with E-state index in [1.165, 1.54) is 6.08 Å². The Balaban J connectivity index is 2.47. The molecule has 1 heterocycles. The molecule has 1 N–H and O–H groups in total. The Morgan fingerprint density at radius 3 is 3.07 bits per heavy atom. The van der Waals surface area contributed by atoms with Crippen molar-refractivity contribution in [2.45, 2.75) is 0 Å². The van der Waals surface area contributed by atoms with E-state index in [9.17, 15) is 4.39 Å². The molecule has 76 valence electrons. The summed E-state index contributed by atoms with van der Waals surface area (Å²) < 4.78 is 12.8. The molecule has 0 fully saturated rings. The van der Waals surface area contributed by atoms with Gasteiger partial charge < -0.3 is 5.11 Å². The average Bonchev–Trinajstić information content (AvgIpc) is 2.29. The van der Waals surface area contributed by atoms with Crippen LogP contribution in [0.5, 0.6) is 0 Å². The summed E-state index contributed by atoms with van der Waals surface area (Å²) in [6, 6.07) is 9.24. The maximum atomic E-state index is 12.8. The second-order valence-electron chi connectivity index (χ2n) is 3.20. The van der Waals surface area contributed by atoms with Crippen LogP contribution in [0.25, 0.3) is 17.0 Å². The first-order valence-corrected chi connectivity index (χ1v) is 4.61. The Hall–Kier alpha value is -1.74. The number of aliphatic hydroxyl groups excluding tert-OH is 1.